The first-order valence-corrected chi connectivity index (χ1v) is 9.98. The molecule has 1 fully saturated rings. The van der Waals surface area contributed by atoms with Gasteiger partial charge < -0.3 is 29.4 Å². The number of ether oxygens (including phenoxy) is 1. The molecule has 6 nitrogen and oxygen atoms in total. The van der Waals surface area contributed by atoms with Gasteiger partial charge in [0.2, 0.25) is 0 Å². The standard InChI is InChI=1S/C23H27NO5/c25-16-23(27)6-8-24(9-7-23)13-19(26)15-29-20-11-17-3-1-2-4-21(17)22(12-20)18-5-10-28-14-18/h1-5,10-12,14,19,25-27H,6-9,13,15-16H2. The average Bonchev–Trinajstić information content (AvgIpc) is 3.28. The Morgan fingerprint density at radius 1 is 1.14 bits per heavy atom. The molecule has 1 atom stereocenters. The van der Waals surface area contributed by atoms with Crippen molar-refractivity contribution in [2.75, 3.05) is 32.8 Å². The molecule has 1 aliphatic rings. The van der Waals surface area contributed by atoms with E-state index in [4.69, 9.17) is 9.15 Å². The number of benzene rings is 2. The van der Waals surface area contributed by atoms with Crippen LogP contribution in [0.15, 0.2) is 59.4 Å². The number of hydrogen-bond donors (Lipinski definition) is 3. The summed E-state index contributed by atoms with van der Waals surface area (Å²) in [6.45, 7) is 1.74. The van der Waals surface area contributed by atoms with Crippen molar-refractivity contribution < 1.29 is 24.5 Å². The number of nitrogens with zero attached hydrogens (tertiary/aromatic N) is 1. The normalized spacial score (nSPS) is 18.0. The molecule has 1 aromatic heterocycles. The van der Waals surface area contributed by atoms with E-state index in [-0.39, 0.29) is 13.2 Å². The Morgan fingerprint density at radius 2 is 1.93 bits per heavy atom. The van der Waals surface area contributed by atoms with Crippen LogP contribution in [0.5, 0.6) is 5.75 Å². The van der Waals surface area contributed by atoms with Gasteiger partial charge in [0.1, 0.15) is 18.5 Å². The van der Waals surface area contributed by atoms with E-state index in [2.05, 4.69) is 11.0 Å². The predicted molar refractivity (Wildman–Crippen MR) is 111 cm³/mol. The van der Waals surface area contributed by atoms with E-state index < -0.39 is 11.7 Å². The van der Waals surface area contributed by atoms with Crippen molar-refractivity contribution in [1.82, 2.24) is 4.90 Å². The molecule has 1 aliphatic heterocycles. The Balaban J connectivity index is 1.41. The lowest BCUT2D eigenvalue weighted by Gasteiger charge is -2.37. The van der Waals surface area contributed by atoms with Crippen LogP contribution in [0.3, 0.4) is 0 Å². The highest BCUT2D eigenvalue weighted by Crippen LogP contribution is 2.33. The van der Waals surface area contributed by atoms with Gasteiger partial charge in [0.25, 0.3) is 0 Å². The Morgan fingerprint density at radius 3 is 2.66 bits per heavy atom. The Labute approximate surface area is 169 Å². The number of β-amino-alcohol motifs (C(OH)–C–C–N with tert-alkyl or cyclic N) is 1. The van der Waals surface area contributed by atoms with Gasteiger partial charge in [-0.25, -0.2) is 0 Å². The lowest BCUT2D eigenvalue weighted by molar-refractivity contribution is -0.0656. The Hall–Kier alpha value is -2.38. The van der Waals surface area contributed by atoms with E-state index in [1.165, 1.54) is 0 Å². The van der Waals surface area contributed by atoms with Crippen molar-refractivity contribution >= 4 is 10.8 Å². The molecule has 154 valence electrons. The van der Waals surface area contributed by atoms with Gasteiger partial charge in [-0.2, -0.15) is 0 Å². The maximum Gasteiger partial charge on any atom is 0.120 e. The van der Waals surface area contributed by atoms with Gasteiger partial charge in [0.05, 0.1) is 24.7 Å². The molecule has 1 saturated heterocycles. The zero-order valence-electron chi connectivity index (χ0n) is 16.3. The fourth-order valence-electron chi connectivity index (χ4n) is 3.88. The molecule has 0 bridgehead atoms. The van der Waals surface area contributed by atoms with Gasteiger partial charge in [0, 0.05) is 25.2 Å². The van der Waals surface area contributed by atoms with Crippen LogP contribution in [0.2, 0.25) is 0 Å². The highest BCUT2D eigenvalue weighted by molar-refractivity contribution is 5.97. The molecule has 0 spiro atoms. The molecule has 3 aromatic rings. The van der Waals surface area contributed by atoms with Crippen LogP contribution in [0.4, 0.5) is 0 Å². The summed E-state index contributed by atoms with van der Waals surface area (Å²) in [5.41, 5.74) is 1.03. The monoisotopic (exact) mass is 397 g/mol. The van der Waals surface area contributed by atoms with E-state index in [0.717, 1.165) is 21.9 Å². The van der Waals surface area contributed by atoms with Crippen LogP contribution >= 0.6 is 0 Å². The summed E-state index contributed by atoms with van der Waals surface area (Å²) < 4.78 is 11.2. The fourth-order valence-corrected chi connectivity index (χ4v) is 3.88. The SMILES string of the molecule is OCC1(O)CCN(CC(O)COc2cc(-c3ccoc3)c3ccccc3c2)CC1. The largest absolute Gasteiger partial charge is 0.491 e. The number of fused-ring (bicyclic) bond motifs is 1. The first-order valence-electron chi connectivity index (χ1n) is 9.98. The molecule has 29 heavy (non-hydrogen) atoms. The third-order valence-electron chi connectivity index (χ3n) is 5.66. The van der Waals surface area contributed by atoms with Gasteiger partial charge >= 0.3 is 0 Å². The van der Waals surface area contributed by atoms with Crippen LogP contribution in [-0.2, 0) is 0 Å². The second-order valence-corrected chi connectivity index (χ2v) is 7.85. The van der Waals surface area contributed by atoms with Crippen LogP contribution in [-0.4, -0.2) is 64.8 Å². The van der Waals surface area contributed by atoms with Crippen molar-refractivity contribution in [1.29, 1.82) is 0 Å². The van der Waals surface area contributed by atoms with Gasteiger partial charge in [-0.3, -0.25) is 0 Å². The molecule has 3 N–H and O–H groups in total. The first kappa shape index (κ1) is 19.9. The van der Waals surface area contributed by atoms with Crippen LogP contribution in [0.1, 0.15) is 12.8 Å². The average molecular weight is 397 g/mol. The summed E-state index contributed by atoms with van der Waals surface area (Å²) in [5.74, 6) is 0.701. The minimum atomic E-state index is -0.980. The maximum atomic E-state index is 10.4. The minimum Gasteiger partial charge on any atom is -0.491 e. The van der Waals surface area contributed by atoms with E-state index >= 15 is 0 Å². The van der Waals surface area contributed by atoms with Gasteiger partial charge in [-0.1, -0.05) is 24.3 Å². The molecule has 0 aliphatic carbocycles. The molecule has 0 saturated carbocycles. The number of aliphatic hydroxyl groups is 3. The number of likely N-dealkylation sites (tertiary alicyclic amines) is 1. The lowest BCUT2D eigenvalue weighted by atomic mass is 9.92. The lowest BCUT2D eigenvalue weighted by Crippen LogP contribution is -2.48. The quantitative estimate of drug-likeness (QED) is 0.568. The summed E-state index contributed by atoms with van der Waals surface area (Å²) in [6, 6.07) is 14.0. The maximum absolute atomic E-state index is 10.4. The molecule has 0 radical (unpaired) electrons. The molecular weight excluding hydrogens is 370 g/mol. The molecule has 4 rings (SSSR count). The third-order valence-corrected chi connectivity index (χ3v) is 5.66. The summed E-state index contributed by atoms with van der Waals surface area (Å²) in [4.78, 5) is 2.09. The molecule has 2 aromatic carbocycles. The Kier molecular flexibility index (Phi) is 5.87. The number of furan rings is 1. The number of rotatable bonds is 7. The van der Waals surface area contributed by atoms with E-state index in [0.29, 0.717) is 38.2 Å². The van der Waals surface area contributed by atoms with E-state index in [9.17, 15) is 15.3 Å². The second-order valence-electron chi connectivity index (χ2n) is 7.85. The predicted octanol–water partition coefficient (Wildman–Crippen LogP) is 2.66. The van der Waals surface area contributed by atoms with Crippen molar-refractivity contribution in [3.63, 3.8) is 0 Å². The van der Waals surface area contributed by atoms with Crippen molar-refractivity contribution in [3.05, 3.63) is 55.0 Å². The van der Waals surface area contributed by atoms with Crippen LogP contribution in [0.25, 0.3) is 21.9 Å². The molecule has 2 heterocycles. The molecule has 6 heteroatoms. The fraction of sp³-hybridized carbons (Fsp3) is 0.391. The zero-order valence-corrected chi connectivity index (χ0v) is 16.3. The van der Waals surface area contributed by atoms with E-state index in [1.54, 1.807) is 12.5 Å². The highest BCUT2D eigenvalue weighted by atomic mass is 16.5. The summed E-state index contributed by atoms with van der Waals surface area (Å²) in [5, 5.41) is 32.0. The minimum absolute atomic E-state index is 0.184. The topological polar surface area (TPSA) is 86.3 Å². The van der Waals surface area contributed by atoms with Gasteiger partial charge in [-0.05, 0) is 47.4 Å². The van der Waals surface area contributed by atoms with Crippen LogP contribution < -0.4 is 4.74 Å². The number of aliphatic hydroxyl groups excluding tert-OH is 2. The summed E-state index contributed by atoms with van der Waals surface area (Å²) >= 11 is 0. The van der Waals surface area contributed by atoms with Crippen molar-refractivity contribution in [2.24, 2.45) is 0 Å². The van der Waals surface area contributed by atoms with Crippen molar-refractivity contribution in [3.8, 4) is 16.9 Å². The van der Waals surface area contributed by atoms with Crippen molar-refractivity contribution in [2.45, 2.75) is 24.5 Å². The summed E-state index contributed by atoms with van der Waals surface area (Å²) in [7, 11) is 0. The highest BCUT2D eigenvalue weighted by Gasteiger charge is 2.32. The molecule has 1 unspecified atom stereocenters. The molecular formula is C23H27NO5. The number of piperidine rings is 1. The van der Waals surface area contributed by atoms with Gasteiger partial charge in [0.15, 0.2) is 0 Å². The Bertz CT molecular complexity index is 932. The number of hydrogen-bond acceptors (Lipinski definition) is 6. The second kappa shape index (κ2) is 8.55. The van der Waals surface area contributed by atoms with Crippen LogP contribution in [0, 0.1) is 0 Å². The summed E-state index contributed by atoms with van der Waals surface area (Å²) in [6.07, 6.45) is 3.74. The molecule has 0 amide bonds. The van der Waals surface area contributed by atoms with E-state index in [1.807, 2.05) is 36.4 Å². The van der Waals surface area contributed by atoms with Gasteiger partial charge in [-0.15, -0.1) is 0 Å². The third kappa shape index (κ3) is 4.62. The smallest absolute Gasteiger partial charge is 0.120 e. The zero-order chi connectivity index (χ0) is 20.3. The first-order chi connectivity index (χ1) is 14.1.